The Labute approximate surface area is 77.0 Å². The van der Waals surface area contributed by atoms with Gasteiger partial charge in [0.25, 0.3) is 0 Å². The van der Waals surface area contributed by atoms with Gasteiger partial charge in [-0.25, -0.2) is 0 Å². The zero-order valence-electron chi connectivity index (χ0n) is 7.54. The second kappa shape index (κ2) is 3.19. The lowest BCUT2D eigenvalue weighted by Gasteiger charge is -2.39. The first-order valence-electron chi connectivity index (χ1n) is 4.87. The van der Waals surface area contributed by atoms with Crippen molar-refractivity contribution >= 4 is 0 Å². The van der Waals surface area contributed by atoms with Crippen LogP contribution >= 0.6 is 0 Å². The molecule has 0 aromatic heterocycles. The normalized spacial score (nSPS) is 42.2. The average Bonchev–Trinajstić information content (AvgIpc) is 2.88. The third-order valence-corrected chi connectivity index (χ3v) is 3.39. The van der Waals surface area contributed by atoms with Gasteiger partial charge in [0.1, 0.15) is 0 Å². The van der Waals surface area contributed by atoms with Crippen LogP contribution in [0.1, 0.15) is 19.3 Å². The first-order valence-corrected chi connectivity index (χ1v) is 4.87. The molecule has 1 aliphatic carbocycles. The highest BCUT2D eigenvalue weighted by Gasteiger charge is 2.55. The van der Waals surface area contributed by atoms with Crippen LogP contribution in [-0.2, 0) is 0 Å². The summed E-state index contributed by atoms with van der Waals surface area (Å²) in [6.45, 7) is 0.0157. The number of hydrogen-bond acceptors (Lipinski definition) is 3. The zero-order valence-corrected chi connectivity index (χ0v) is 7.54. The van der Waals surface area contributed by atoms with E-state index in [9.17, 15) is 14.6 Å². The molecule has 3 unspecified atom stereocenters. The maximum Gasteiger partial charge on any atom is 0.0926 e. The Hall–Kier alpha value is -0.190. The molecule has 1 saturated carbocycles. The van der Waals surface area contributed by atoms with E-state index < -0.39 is 18.9 Å². The van der Waals surface area contributed by atoms with Crippen LogP contribution in [0.2, 0.25) is 0 Å². The number of rotatable bonds is 2. The van der Waals surface area contributed by atoms with Crippen molar-refractivity contribution in [3.8, 4) is 0 Å². The van der Waals surface area contributed by atoms with Crippen LogP contribution in [-0.4, -0.2) is 41.2 Å². The van der Waals surface area contributed by atoms with Crippen LogP contribution in [0, 0.1) is 5.92 Å². The molecule has 0 aromatic carbocycles. The standard InChI is InChI=1S/C9H16FNO2/c10-4-1-6-8(13)7(12)5-11-9(6)2-3-9/h6-8,11-13H,1-5H2. The van der Waals surface area contributed by atoms with Crippen molar-refractivity contribution < 1.29 is 14.6 Å². The monoisotopic (exact) mass is 189 g/mol. The van der Waals surface area contributed by atoms with Crippen molar-refractivity contribution in [3.63, 3.8) is 0 Å². The lowest BCUT2D eigenvalue weighted by atomic mass is 9.82. The van der Waals surface area contributed by atoms with E-state index in [4.69, 9.17) is 0 Å². The van der Waals surface area contributed by atoms with Gasteiger partial charge in [0, 0.05) is 18.0 Å². The lowest BCUT2D eigenvalue weighted by Crippen LogP contribution is -2.58. The summed E-state index contributed by atoms with van der Waals surface area (Å²) < 4.78 is 12.2. The number of aliphatic hydroxyl groups is 2. The predicted octanol–water partition coefficient (Wildman–Crippen LogP) is -0.180. The first kappa shape index (κ1) is 9.37. The quantitative estimate of drug-likeness (QED) is 0.565. The maximum atomic E-state index is 12.2. The molecule has 1 saturated heterocycles. The fourth-order valence-electron chi connectivity index (χ4n) is 2.40. The highest BCUT2D eigenvalue weighted by Crippen LogP contribution is 2.47. The van der Waals surface area contributed by atoms with E-state index in [-0.39, 0.29) is 11.5 Å². The van der Waals surface area contributed by atoms with Gasteiger partial charge in [-0.15, -0.1) is 0 Å². The fraction of sp³-hybridized carbons (Fsp3) is 1.00. The molecule has 1 spiro atoms. The summed E-state index contributed by atoms with van der Waals surface area (Å²) in [6, 6.07) is 0. The summed E-state index contributed by atoms with van der Waals surface area (Å²) in [4.78, 5) is 0. The van der Waals surface area contributed by atoms with Crippen LogP contribution in [0.15, 0.2) is 0 Å². The first-order chi connectivity index (χ1) is 6.19. The van der Waals surface area contributed by atoms with E-state index in [0.29, 0.717) is 13.0 Å². The van der Waals surface area contributed by atoms with Crippen molar-refractivity contribution in [3.05, 3.63) is 0 Å². The Morgan fingerprint density at radius 3 is 2.62 bits per heavy atom. The molecule has 3 atom stereocenters. The van der Waals surface area contributed by atoms with Crippen molar-refractivity contribution in [2.45, 2.75) is 37.0 Å². The Kier molecular flexibility index (Phi) is 2.30. The second-order valence-corrected chi connectivity index (χ2v) is 4.18. The molecule has 3 nitrogen and oxygen atoms in total. The molecule has 13 heavy (non-hydrogen) atoms. The number of alkyl halides is 1. The van der Waals surface area contributed by atoms with Crippen molar-refractivity contribution in [2.24, 2.45) is 5.92 Å². The number of halogens is 1. The molecule has 2 fully saturated rings. The van der Waals surface area contributed by atoms with Crippen LogP contribution in [0.4, 0.5) is 4.39 Å². The molecule has 4 heteroatoms. The Morgan fingerprint density at radius 1 is 1.38 bits per heavy atom. The number of hydrogen-bond donors (Lipinski definition) is 3. The van der Waals surface area contributed by atoms with Gasteiger partial charge in [0.05, 0.1) is 18.9 Å². The van der Waals surface area contributed by atoms with E-state index in [2.05, 4.69) is 5.32 Å². The fourth-order valence-corrected chi connectivity index (χ4v) is 2.40. The van der Waals surface area contributed by atoms with E-state index in [0.717, 1.165) is 12.8 Å². The summed E-state index contributed by atoms with van der Waals surface area (Å²) in [5.41, 5.74) is -0.0509. The van der Waals surface area contributed by atoms with Gasteiger partial charge in [0.2, 0.25) is 0 Å². The van der Waals surface area contributed by atoms with Gasteiger partial charge >= 0.3 is 0 Å². The summed E-state index contributed by atoms with van der Waals surface area (Å²) in [7, 11) is 0. The van der Waals surface area contributed by atoms with Crippen LogP contribution < -0.4 is 5.32 Å². The van der Waals surface area contributed by atoms with E-state index in [1.807, 2.05) is 0 Å². The summed E-state index contributed by atoms with van der Waals surface area (Å²) in [5.74, 6) is -0.110. The molecule has 3 N–H and O–H groups in total. The second-order valence-electron chi connectivity index (χ2n) is 4.18. The average molecular weight is 189 g/mol. The summed E-state index contributed by atoms with van der Waals surface area (Å²) in [6.07, 6.45) is 0.871. The molecule has 1 heterocycles. The topological polar surface area (TPSA) is 52.5 Å². The highest BCUT2D eigenvalue weighted by atomic mass is 19.1. The number of nitrogens with one attached hydrogen (secondary N) is 1. The maximum absolute atomic E-state index is 12.2. The van der Waals surface area contributed by atoms with E-state index >= 15 is 0 Å². The number of piperidine rings is 1. The molecule has 2 aliphatic rings. The van der Waals surface area contributed by atoms with Gasteiger partial charge in [-0.3, -0.25) is 4.39 Å². The van der Waals surface area contributed by atoms with Gasteiger partial charge < -0.3 is 15.5 Å². The van der Waals surface area contributed by atoms with E-state index in [1.165, 1.54) is 0 Å². The van der Waals surface area contributed by atoms with E-state index in [1.54, 1.807) is 0 Å². The van der Waals surface area contributed by atoms with Gasteiger partial charge in [-0.05, 0) is 19.3 Å². The molecule has 0 radical (unpaired) electrons. The van der Waals surface area contributed by atoms with Gasteiger partial charge in [0.15, 0.2) is 0 Å². The van der Waals surface area contributed by atoms with Crippen molar-refractivity contribution in [2.75, 3.05) is 13.2 Å². The smallest absolute Gasteiger partial charge is 0.0926 e. The Morgan fingerprint density at radius 2 is 2.08 bits per heavy atom. The van der Waals surface area contributed by atoms with Crippen LogP contribution in [0.5, 0.6) is 0 Å². The Bertz CT molecular complexity index is 196. The molecule has 76 valence electrons. The largest absolute Gasteiger partial charge is 0.390 e. The van der Waals surface area contributed by atoms with Gasteiger partial charge in [-0.2, -0.15) is 0 Å². The summed E-state index contributed by atoms with van der Waals surface area (Å²) in [5, 5.41) is 22.3. The Balaban J connectivity index is 2.06. The van der Waals surface area contributed by atoms with Crippen LogP contribution in [0.3, 0.4) is 0 Å². The molecule has 0 aromatic rings. The lowest BCUT2D eigenvalue weighted by molar-refractivity contribution is -0.0609. The molecule has 0 bridgehead atoms. The minimum Gasteiger partial charge on any atom is -0.390 e. The van der Waals surface area contributed by atoms with Crippen molar-refractivity contribution in [1.29, 1.82) is 0 Å². The SMILES string of the molecule is OC1CNC2(CC2)C(CCF)C1O. The third kappa shape index (κ3) is 1.47. The predicted molar refractivity (Wildman–Crippen MR) is 46.1 cm³/mol. The molecular formula is C9H16FNO2. The minimum absolute atomic E-state index is 0.0509. The molecule has 1 aliphatic heterocycles. The van der Waals surface area contributed by atoms with Crippen LogP contribution in [0.25, 0.3) is 0 Å². The molecule has 2 rings (SSSR count). The summed E-state index contributed by atoms with van der Waals surface area (Å²) >= 11 is 0. The third-order valence-electron chi connectivity index (χ3n) is 3.39. The minimum atomic E-state index is -0.750. The number of β-amino-alcohol motifs (C(OH)–C–C–N with tert-alkyl or cyclic N) is 1. The van der Waals surface area contributed by atoms with Gasteiger partial charge in [-0.1, -0.05) is 0 Å². The zero-order chi connectivity index (χ0) is 9.47. The molecular weight excluding hydrogens is 173 g/mol. The molecule has 0 amide bonds. The highest BCUT2D eigenvalue weighted by molar-refractivity contribution is 5.12. The number of aliphatic hydroxyl groups excluding tert-OH is 2. The van der Waals surface area contributed by atoms with Crippen molar-refractivity contribution in [1.82, 2.24) is 5.32 Å².